The largest absolute Gasteiger partial charge is 0.478 e. The van der Waals surface area contributed by atoms with Crippen LogP contribution in [0.4, 0.5) is 0 Å². The normalized spacial score (nSPS) is 10.8. The van der Waals surface area contributed by atoms with Crippen molar-refractivity contribution in [3.63, 3.8) is 0 Å². The fourth-order valence-corrected chi connectivity index (χ4v) is 1.66. The van der Waals surface area contributed by atoms with Gasteiger partial charge in [-0.2, -0.15) is 0 Å². The fourth-order valence-electron chi connectivity index (χ4n) is 1.66. The lowest BCUT2D eigenvalue weighted by Crippen LogP contribution is -2.30. The molecule has 3 N–H and O–H groups in total. The number of carbonyl (C=O) groups excluding carboxylic acids is 1. The van der Waals surface area contributed by atoms with Crippen molar-refractivity contribution in [1.82, 2.24) is 10.6 Å². The van der Waals surface area contributed by atoms with E-state index in [2.05, 4.69) is 10.6 Å². The molecule has 112 valence electrons. The van der Waals surface area contributed by atoms with E-state index in [0.717, 1.165) is 0 Å². The molecule has 0 spiro atoms. The van der Waals surface area contributed by atoms with E-state index in [4.69, 9.17) is 9.52 Å². The highest BCUT2D eigenvalue weighted by atomic mass is 16.4. The Morgan fingerprint density at radius 2 is 2.10 bits per heavy atom. The zero-order chi connectivity index (χ0) is 15.1. The maximum absolute atomic E-state index is 11.5. The Bertz CT molecular complexity index is 466. The Balaban J connectivity index is 2.26. The molecular formula is C14H22N2O4. The average molecular weight is 282 g/mol. The maximum Gasteiger partial charge on any atom is 0.339 e. The van der Waals surface area contributed by atoms with Gasteiger partial charge in [0.1, 0.15) is 17.1 Å². The Morgan fingerprint density at radius 3 is 2.65 bits per heavy atom. The molecule has 0 saturated heterocycles. The van der Waals surface area contributed by atoms with Crippen LogP contribution in [0.1, 0.15) is 42.1 Å². The van der Waals surface area contributed by atoms with Gasteiger partial charge in [-0.1, -0.05) is 13.8 Å². The van der Waals surface area contributed by atoms with E-state index in [9.17, 15) is 9.59 Å². The van der Waals surface area contributed by atoms with Gasteiger partial charge < -0.3 is 20.2 Å². The summed E-state index contributed by atoms with van der Waals surface area (Å²) < 4.78 is 5.32. The van der Waals surface area contributed by atoms with Crippen molar-refractivity contribution in [3.8, 4) is 0 Å². The first-order valence-electron chi connectivity index (χ1n) is 6.70. The van der Waals surface area contributed by atoms with Crippen molar-refractivity contribution in [2.24, 2.45) is 5.92 Å². The lowest BCUT2D eigenvalue weighted by Gasteiger charge is -2.07. The predicted octanol–water partition coefficient (Wildman–Crippen LogP) is 1.54. The summed E-state index contributed by atoms with van der Waals surface area (Å²) in [5, 5.41) is 14.8. The second-order valence-corrected chi connectivity index (χ2v) is 5.11. The van der Waals surface area contributed by atoms with Gasteiger partial charge in [0.25, 0.3) is 0 Å². The molecule has 0 bridgehead atoms. The van der Waals surface area contributed by atoms with Gasteiger partial charge in [0, 0.05) is 19.5 Å². The number of hydrogen-bond donors (Lipinski definition) is 3. The van der Waals surface area contributed by atoms with Gasteiger partial charge in [-0.15, -0.1) is 0 Å². The summed E-state index contributed by atoms with van der Waals surface area (Å²) in [6.07, 6.45) is 0.387. The summed E-state index contributed by atoms with van der Waals surface area (Å²) in [5.41, 5.74) is 0.177. The van der Waals surface area contributed by atoms with E-state index in [-0.39, 0.29) is 11.5 Å². The molecule has 1 amide bonds. The molecule has 0 aliphatic rings. The zero-order valence-electron chi connectivity index (χ0n) is 12.2. The highest BCUT2D eigenvalue weighted by molar-refractivity contribution is 5.88. The van der Waals surface area contributed by atoms with E-state index in [0.29, 0.717) is 43.5 Å². The number of aromatic carboxylic acids is 1. The third-order valence-corrected chi connectivity index (χ3v) is 2.73. The van der Waals surface area contributed by atoms with E-state index < -0.39 is 5.97 Å². The first kappa shape index (κ1) is 16.2. The summed E-state index contributed by atoms with van der Waals surface area (Å²) in [7, 11) is 0. The topological polar surface area (TPSA) is 91.6 Å². The number of aryl methyl sites for hydroxylation is 1. The number of nitrogens with one attached hydrogen (secondary N) is 2. The number of amides is 1. The van der Waals surface area contributed by atoms with Gasteiger partial charge in [-0.3, -0.25) is 4.79 Å². The van der Waals surface area contributed by atoms with Gasteiger partial charge in [-0.25, -0.2) is 4.79 Å². The van der Waals surface area contributed by atoms with Crippen LogP contribution in [-0.2, 0) is 11.3 Å². The molecule has 1 heterocycles. The predicted molar refractivity (Wildman–Crippen MR) is 74.6 cm³/mol. The minimum absolute atomic E-state index is 0.00745. The number of rotatable bonds is 8. The van der Waals surface area contributed by atoms with Crippen LogP contribution in [0.15, 0.2) is 10.5 Å². The van der Waals surface area contributed by atoms with Crippen LogP contribution in [0.5, 0.6) is 0 Å². The van der Waals surface area contributed by atoms with E-state index in [1.165, 1.54) is 6.07 Å². The molecule has 1 aromatic heterocycles. The van der Waals surface area contributed by atoms with Crippen LogP contribution in [0.2, 0.25) is 0 Å². The molecule has 0 fully saturated rings. The monoisotopic (exact) mass is 282 g/mol. The number of furan rings is 1. The molecule has 1 aromatic rings. The van der Waals surface area contributed by atoms with Crippen LogP contribution >= 0.6 is 0 Å². The van der Waals surface area contributed by atoms with E-state index >= 15 is 0 Å². The third kappa shape index (κ3) is 5.44. The number of carboxylic acid groups (broad SMARTS) is 1. The molecule has 0 radical (unpaired) electrons. The summed E-state index contributed by atoms with van der Waals surface area (Å²) in [6.45, 7) is 7.30. The van der Waals surface area contributed by atoms with Gasteiger partial charge in [0.05, 0.1) is 6.54 Å². The third-order valence-electron chi connectivity index (χ3n) is 2.73. The molecule has 6 heteroatoms. The highest BCUT2D eigenvalue weighted by Gasteiger charge is 2.13. The molecule has 0 saturated carbocycles. The second kappa shape index (κ2) is 7.69. The van der Waals surface area contributed by atoms with Crippen molar-refractivity contribution in [2.45, 2.75) is 33.7 Å². The van der Waals surface area contributed by atoms with Crippen molar-refractivity contribution < 1.29 is 19.1 Å². The van der Waals surface area contributed by atoms with Crippen LogP contribution in [0.3, 0.4) is 0 Å². The lowest BCUT2D eigenvalue weighted by molar-refractivity contribution is -0.121. The number of carboxylic acids is 1. The zero-order valence-corrected chi connectivity index (χ0v) is 12.2. The van der Waals surface area contributed by atoms with Gasteiger partial charge in [-0.05, 0) is 18.9 Å². The minimum Gasteiger partial charge on any atom is -0.478 e. The number of hydrogen-bond acceptors (Lipinski definition) is 4. The lowest BCUT2D eigenvalue weighted by atomic mass is 10.2. The molecule has 6 nitrogen and oxygen atoms in total. The molecule has 0 aliphatic heterocycles. The average Bonchev–Trinajstić information content (AvgIpc) is 2.73. The molecule has 0 aromatic carbocycles. The molecular weight excluding hydrogens is 260 g/mol. The van der Waals surface area contributed by atoms with Crippen molar-refractivity contribution >= 4 is 11.9 Å². The summed E-state index contributed by atoms with van der Waals surface area (Å²) in [5.74, 6) is 0.400. The fraction of sp³-hybridized carbons (Fsp3) is 0.571. The molecule has 0 unspecified atom stereocenters. The van der Waals surface area contributed by atoms with Gasteiger partial charge in [0.15, 0.2) is 0 Å². The molecule has 20 heavy (non-hydrogen) atoms. The van der Waals surface area contributed by atoms with Crippen LogP contribution < -0.4 is 10.6 Å². The Hall–Kier alpha value is -1.82. The first-order chi connectivity index (χ1) is 9.40. The van der Waals surface area contributed by atoms with Crippen molar-refractivity contribution in [2.75, 3.05) is 13.1 Å². The van der Waals surface area contributed by atoms with Crippen LogP contribution in [0.25, 0.3) is 0 Å². The van der Waals surface area contributed by atoms with E-state index in [1.807, 2.05) is 13.8 Å². The molecule has 0 aliphatic carbocycles. The van der Waals surface area contributed by atoms with Crippen LogP contribution in [-0.4, -0.2) is 30.1 Å². The van der Waals surface area contributed by atoms with Crippen LogP contribution in [0, 0.1) is 12.8 Å². The van der Waals surface area contributed by atoms with Gasteiger partial charge >= 0.3 is 5.97 Å². The Labute approximate surface area is 118 Å². The van der Waals surface area contributed by atoms with E-state index in [1.54, 1.807) is 6.92 Å². The summed E-state index contributed by atoms with van der Waals surface area (Å²) in [4.78, 5) is 22.3. The standard InChI is InChI=1S/C14H22N2O4/c1-9(2)7-16-13(17)4-5-15-8-11-6-12(14(18)19)10(3)20-11/h6,9,15H,4-5,7-8H2,1-3H3,(H,16,17)(H,18,19). The van der Waals surface area contributed by atoms with Gasteiger partial charge in [0.2, 0.25) is 5.91 Å². The second-order valence-electron chi connectivity index (χ2n) is 5.11. The molecule has 1 rings (SSSR count). The Morgan fingerprint density at radius 1 is 1.40 bits per heavy atom. The smallest absolute Gasteiger partial charge is 0.339 e. The summed E-state index contributed by atoms with van der Waals surface area (Å²) in [6, 6.07) is 1.50. The minimum atomic E-state index is -0.995. The summed E-state index contributed by atoms with van der Waals surface area (Å²) >= 11 is 0. The number of carbonyl (C=O) groups is 2. The Kier molecular flexibility index (Phi) is 6.24. The molecule has 0 atom stereocenters. The first-order valence-corrected chi connectivity index (χ1v) is 6.70. The SMILES string of the molecule is Cc1oc(CNCCC(=O)NCC(C)C)cc1C(=O)O. The maximum atomic E-state index is 11.5. The quantitative estimate of drug-likeness (QED) is 0.629. The highest BCUT2D eigenvalue weighted by Crippen LogP contribution is 2.14. The van der Waals surface area contributed by atoms with Crippen molar-refractivity contribution in [1.29, 1.82) is 0 Å². The van der Waals surface area contributed by atoms with Crippen molar-refractivity contribution in [3.05, 3.63) is 23.2 Å².